The fraction of sp³-hybridized carbons (Fsp3) is 0.406. The first-order valence-corrected chi connectivity index (χ1v) is 15.6. The smallest absolute Gasteiger partial charge is 0.444 e. The van der Waals surface area contributed by atoms with Gasteiger partial charge < -0.3 is 24.0 Å². The number of hydrogen-bond acceptors (Lipinski definition) is 8. The molecule has 1 aliphatic rings. The Morgan fingerprint density at radius 2 is 1.77 bits per heavy atom. The normalized spacial score (nSPS) is 15.8. The summed E-state index contributed by atoms with van der Waals surface area (Å²) < 4.78 is 66.2. The Kier molecular flexibility index (Phi) is 8.90. The van der Waals surface area contributed by atoms with Crippen LogP contribution in [-0.4, -0.2) is 49.1 Å². The van der Waals surface area contributed by atoms with Gasteiger partial charge in [0.25, 0.3) is 5.91 Å². The van der Waals surface area contributed by atoms with Gasteiger partial charge in [-0.25, -0.2) is 14.2 Å². The second-order valence-electron chi connectivity index (χ2n) is 13.2. The minimum atomic E-state index is -4.78. The van der Waals surface area contributed by atoms with Crippen molar-refractivity contribution in [3.8, 4) is 22.6 Å². The number of nitrogens with one attached hydrogen (secondary N) is 1. The number of aromatic nitrogens is 4. The van der Waals surface area contributed by atoms with Crippen LogP contribution < -0.4 is 10.2 Å². The molecule has 0 spiro atoms. The molecule has 1 N–H and O–H groups in total. The molecule has 0 radical (unpaired) electrons. The molecule has 5 rings (SSSR count). The van der Waals surface area contributed by atoms with Crippen LogP contribution >= 0.6 is 11.8 Å². The molecular weight excluding hydrogens is 640 g/mol. The van der Waals surface area contributed by atoms with Gasteiger partial charge >= 0.3 is 18.2 Å². The minimum absolute atomic E-state index is 0.0141. The molecule has 0 saturated carbocycles. The number of imidazole rings is 1. The Labute approximate surface area is 272 Å². The minimum Gasteiger partial charge on any atom is -0.444 e. The number of alkyl carbamates (subject to hydrolysis) is 1. The van der Waals surface area contributed by atoms with E-state index >= 15 is 4.39 Å². The topological polar surface area (TPSA) is 115 Å². The third-order valence-electron chi connectivity index (χ3n) is 7.04. The van der Waals surface area contributed by atoms with Gasteiger partial charge in [0.2, 0.25) is 5.82 Å². The number of aryl methyl sites for hydroxylation is 1. The number of carbonyl (C=O) groups excluding carboxylic acids is 2. The van der Waals surface area contributed by atoms with Crippen molar-refractivity contribution in [1.82, 2.24) is 25.0 Å². The highest BCUT2D eigenvalue weighted by Gasteiger charge is 2.39. The summed E-state index contributed by atoms with van der Waals surface area (Å²) in [5.74, 6) is -1.85. The summed E-state index contributed by atoms with van der Waals surface area (Å²) in [6.45, 7) is 11.1. The molecular formula is C32H34F4N6O4S. The Morgan fingerprint density at radius 1 is 1.09 bits per heavy atom. The van der Waals surface area contributed by atoms with Crippen molar-refractivity contribution in [2.45, 2.75) is 76.2 Å². The standard InChI is InChI=1S/C32H34F4N6O4S/c1-30(2,3)27-37-21(15-41(27)7)19-12-23-24(13-20(19)33)47-16-22(38-29(44)45-31(4,5)6)26(43)42(23)14-17-8-10-18(11-9-17)25-39-28(46-40-25)32(34,35)36/h8-13,15,22H,14,16H2,1-7H3,(H,38,44)/t22-/m0/s1. The van der Waals surface area contributed by atoms with Crippen LogP contribution in [0.3, 0.4) is 0 Å². The lowest BCUT2D eigenvalue weighted by Gasteiger charge is -2.27. The summed E-state index contributed by atoms with van der Waals surface area (Å²) in [4.78, 5) is 36.8. The fourth-order valence-electron chi connectivity index (χ4n) is 5.02. The number of anilines is 1. The largest absolute Gasteiger partial charge is 0.471 e. The molecule has 2 aromatic heterocycles. The van der Waals surface area contributed by atoms with Crippen molar-refractivity contribution in [2.24, 2.45) is 7.05 Å². The first-order chi connectivity index (χ1) is 21.8. The summed E-state index contributed by atoms with van der Waals surface area (Å²) in [5, 5.41) is 6.06. The SMILES string of the molecule is Cn1cc(-c2cc3c(cc2F)SC[C@H](NC(=O)OC(C)(C)C)C(=O)N3Cc2ccc(-c3noc(C(F)(F)F)n3)cc2)nc1C(C)(C)C. The van der Waals surface area contributed by atoms with Gasteiger partial charge in [-0.2, -0.15) is 18.2 Å². The Bertz CT molecular complexity index is 1810. The molecule has 47 heavy (non-hydrogen) atoms. The third kappa shape index (κ3) is 7.61. The molecule has 15 heteroatoms. The lowest BCUT2D eigenvalue weighted by molar-refractivity contribution is -0.159. The Hall–Kier alpha value is -4.40. The maximum atomic E-state index is 15.7. The number of carbonyl (C=O) groups is 2. The van der Waals surface area contributed by atoms with Gasteiger partial charge in [0.1, 0.15) is 23.3 Å². The number of nitrogens with zero attached hydrogens (tertiary/aromatic N) is 5. The number of benzene rings is 2. The number of rotatable bonds is 5. The average molecular weight is 675 g/mol. The number of fused-ring (bicyclic) bond motifs is 1. The van der Waals surface area contributed by atoms with E-state index in [0.29, 0.717) is 21.8 Å². The number of ether oxygens (including phenoxy) is 1. The second kappa shape index (κ2) is 12.3. The molecule has 10 nitrogen and oxygen atoms in total. The first-order valence-electron chi connectivity index (χ1n) is 14.6. The average Bonchev–Trinajstić information content (AvgIpc) is 3.58. The predicted molar refractivity (Wildman–Crippen MR) is 167 cm³/mol. The monoisotopic (exact) mass is 674 g/mol. The van der Waals surface area contributed by atoms with Gasteiger partial charge in [-0.3, -0.25) is 4.79 Å². The van der Waals surface area contributed by atoms with Gasteiger partial charge in [0, 0.05) is 40.4 Å². The number of halogens is 4. The van der Waals surface area contributed by atoms with Crippen LogP contribution in [0.4, 0.5) is 28.0 Å². The molecule has 0 aliphatic carbocycles. The summed E-state index contributed by atoms with van der Waals surface area (Å²) >= 11 is 1.21. The highest BCUT2D eigenvalue weighted by Crippen LogP contribution is 2.40. The number of alkyl halides is 3. The zero-order valence-electron chi connectivity index (χ0n) is 26.8. The van der Waals surface area contributed by atoms with E-state index in [2.05, 4.69) is 20.0 Å². The Balaban J connectivity index is 1.52. The summed E-state index contributed by atoms with van der Waals surface area (Å²) in [7, 11) is 1.83. The molecule has 1 aliphatic heterocycles. The van der Waals surface area contributed by atoms with Crippen molar-refractivity contribution in [2.75, 3.05) is 10.7 Å². The molecule has 4 aromatic rings. The lowest BCUT2D eigenvalue weighted by Crippen LogP contribution is -2.50. The zero-order valence-corrected chi connectivity index (χ0v) is 27.6. The van der Waals surface area contributed by atoms with Crippen molar-refractivity contribution >= 4 is 29.4 Å². The molecule has 0 fully saturated rings. The van der Waals surface area contributed by atoms with E-state index in [1.165, 1.54) is 34.9 Å². The fourth-order valence-corrected chi connectivity index (χ4v) is 6.10. The van der Waals surface area contributed by atoms with Gasteiger partial charge in [-0.1, -0.05) is 50.2 Å². The number of hydrogen-bond donors (Lipinski definition) is 1. The highest BCUT2D eigenvalue weighted by molar-refractivity contribution is 7.99. The van der Waals surface area contributed by atoms with E-state index in [9.17, 15) is 22.8 Å². The van der Waals surface area contributed by atoms with Crippen LogP contribution in [0, 0.1) is 5.82 Å². The van der Waals surface area contributed by atoms with Crippen molar-refractivity contribution in [1.29, 1.82) is 0 Å². The van der Waals surface area contributed by atoms with Gasteiger partial charge in [0.05, 0.1) is 17.9 Å². The maximum absolute atomic E-state index is 15.7. The molecule has 250 valence electrons. The van der Waals surface area contributed by atoms with Crippen LogP contribution in [-0.2, 0) is 34.7 Å². The molecule has 3 heterocycles. The lowest BCUT2D eigenvalue weighted by atomic mass is 9.96. The second-order valence-corrected chi connectivity index (χ2v) is 14.2. The summed E-state index contributed by atoms with van der Waals surface area (Å²) in [5.41, 5.74) is 0.742. The quantitative estimate of drug-likeness (QED) is 0.223. The van der Waals surface area contributed by atoms with E-state index in [1.54, 1.807) is 45.2 Å². The predicted octanol–water partition coefficient (Wildman–Crippen LogP) is 7.12. The van der Waals surface area contributed by atoms with Crippen molar-refractivity contribution in [3.63, 3.8) is 0 Å². The van der Waals surface area contributed by atoms with Gasteiger partial charge in [-0.15, -0.1) is 11.8 Å². The van der Waals surface area contributed by atoms with Crippen LogP contribution in [0.25, 0.3) is 22.6 Å². The van der Waals surface area contributed by atoms with Gasteiger partial charge in [-0.05, 0) is 38.5 Å². The maximum Gasteiger partial charge on any atom is 0.471 e. The molecule has 2 amide bonds. The summed E-state index contributed by atoms with van der Waals surface area (Å²) in [6, 6.07) is 8.15. The van der Waals surface area contributed by atoms with E-state index in [-0.39, 0.29) is 34.7 Å². The van der Waals surface area contributed by atoms with E-state index in [0.717, 1.165) is 5.82 Å². The van der Waals surface area contributed by atoms with Gasteiger partial charge in [0.15, 0.2) is 0 Å². The van der Waals surface area contributed by atoms with Crippen LogP contribution in [0.15, 0.2) is 52.0 Å². The molecule has 0 saturated heterocycles. The van der Waals surface area contributed by atoms with Crippen molar-refractivity contribution < 1.29 is 36.4 Å². The number of thioether (sulfide) groups is 1. The molecule has 0 bridgehead atoms. The van der Waals surface area contributed by atoms with Crippen LogP contribution in [0.2, 0.25) is 0 Å². The van der Waals surface area contributed by atoms with Crippen molar-refractivity contribution in [3.05, 3.63) is 65.7 Å². The Morgan fingerprint density at radius 3 is 2.34 bits per heavy atom. The molecule has 0 unspecified atom stereocenters. The highest BCUT2D eigenvalue weighted by atomic mass is 32.2. The summed E-state index contributed by atoms with van der Waals surface area (Å²) in [6.07, 6.45) is -3.83. The number of amides is 2. The zero-order chi connectivity index (χ0) is 34.5. The van der Waals surface area contributed by atoms with E-state index < -0.39 is 41.5 Å². The van der Waals surface area contributed by atoms with Crippen LogP contribution in [0.1, 0.15) is 58.8 Å². The first kappa shape index (κ1) is 33.9. The third-order valence-corrected chi connectivity index (χ3v) is 8.18. The van der Waals surface area contributed by atoms with E-state index in [1.807, 2.05) is 32.4 Å². The van der Waals surface area contributed by atoms with E-state index in [4.69, 9.17) is 9.72 Å². The van der Waals surface area contributed by atoms with Crippen LogP contribution in [0.5, 0.6) is 0 Å². The molecule has 2 aromatic carbocycles. The molecule has 1 atom stereocenters.